The summed E-state index contributed by atoms with van der Waals surface area (Å²) in [6.07, 6.45) is 12.8. The van der Waals surface area contributed by atoms with E-state index in [4.69, 9.17) is 5.11 Å². The summed E-state index contributed by atoms with van der Waals surface area (Å²) in [6, 6.07) is 17.5. The summed E-state index contributed by atoms with van der Waals surface area (Å²) in [4.78, 5) is 26.0. The average Bonchev–Trinajstić information content (AvgIpc) is 4.00. The van der Waals surface area contributed by atoms with Crippen molar-refractivity contribution >= 4 is 11.8 Å². The highest BCUT2D eigenvalue weighted by molar-refractivity contribution is 5.79. The molecule has 1 aliphatic rings. The van der Waals surface area contributed by atoms with E-state index in [9.17, 15) is 9.59 Å². The summed E-state index contributed by atoms with van der Waals surface area (Å²) in [5, 5.41) is 15.0. The van der Waals surface area contributed by atoms with E-state index >= 15 is 0 Å². The van der Waals surface area contributed by atoms with Crippen molar-refractivity contribution in [2.45, 2.75) is 127 Å². The molecule has 1 saturated carbocycles. The number of hydrogen-bond donors (Lipinski definition) is 2. The van der Waals surface area contributed by atoms with Crippen LogP contribution >= 0.6 is 0 Å². The first-order valence-corrected chi connectivity index (χ1v) is 18.9. The SMILES string of the molecule is C/C=C(\C)CC.C=C/C(=C\C)N(C)C1CC1.C=CC(C)C.CC.CCC(C)N(C(=O)NCc1ccccc1)N(C)CC(C)=O.Cc1ccc(O)cc1. The van der Waals surface area contributed by atoms with Crippen molar-refractivity contribution in [1.82, 2.24) is 20.2 Å². The number of ketones is 1. The Labute approximate surface area is 320 Å². The molecule has 0 aliphatic heterocycles. The number of phenolic OH excluding ortho intramolecular Hbond substituents is 1. The van der Waals surface area contributed by atoms with Gasteiger partial charge in [0.05, 0.1) is 6.54 Å². The molecule has 1 aliphatic carbocycles. The van der Waals surface area contributed by atoms with Gasteiger partial charge in [-0.2, -0.15) is 0 Å². The quantitative estimate of drug-likeness (QED) is 0.130. The second kappa shape index (κ2) is 32.8. The summed E-state index contributed by atoms with van der Waals surface area (Å²) >= 11 is 0. The first-order valence-electron chi connectivity index (χ1n) is 18.9. The van der Waals surface area contributed by atoms with Gasteiger partial charge in [-0.3, -0.25) is 9.80 Å². The monoisotopic (exact) mass is 721 g/mol. The number of nitrogens with one attached hydrogen (secondary N) is 1. The fraction of sp³-hybridized carbons (Fsp3) is 0.511. The lowest BCUT2D eigenvalue weighted by Crippen LogP contribution is -2.54. The predicted octanol–water partition coefficient (Wildman–Crippen LogP) is 11.5. The maximum absolute atomic E-state index is 12.4. The number of phenols is 1. The maximum atomic E-state index is 12.4. The number of hydrazine groups is 1. The van der Waals surface area contributed by atoms with Gasteiger partial charge >= 0.3 is 6.03 Å². The van der Waals surface area contributed by atoms with Gasteiger partial charge in [0, 0.05) is 38.4 Å². The molecule has 0 heterocycles. The molecule has 0 aromatic heterocycles. The Morgan fingerprint density at radius 3 is 1.77 bits per heavy atom. The third-order valence-corrected chi connectivity index (χ3v) is 7.88. The van der Waals surface area contributed by atoms with Crippen LogP contribution in [-0.4, -0.2) is 64.6 Å². The van der Waals surface area contributed by atoms with Crippen molar-refractivity contribution < 1.29 is 14.7 Å². The van der Waals surface area contributed by atoms with Gasteiger partial charge in [0.1, 0.15) is 11.5 Å². The number of likely N-dealkylation sites (N-methyl/N-ethyl adjacent to an activating group) is 2. The average molecular weight is 721 g/mol. The van der Waals surface area contributed by atoms with Crippen LogP contribution in [0.25, 0.3) is 0 Å². The molecule has 1 atom stereocenters. The minimum Gasteiger partial charge on any atom is -0.508 e. The molecule has 2 amide bonds. The van der Waals surface area contributed by atoms with Crippen LogP contribution in [0.15, 0.2) is 103 Å². The van der Waals surface area contributed by atoms with Crippen molar-refractivity contribution in [3.05, 3.63) is 114 Å². The number of hydrogen-bond acceptors (Lipinski definition) is 5. The minimum atomic E-state index is -0.183. The number of carbonyl (C=O) groups is 2. The molecule has 7 heteroatoms. The molecular formula is C45H76N4O3. The van der Waals surface area contributed by atoms with E-state index in [-0.39, 0.29) is 24.4 Å². The molecule has 0 radical (unpaired) electrons. The number of Topliss-reactive ketones (excluding diaryl/α,β-unsaturated/α-hetero) is 1. The number of nitrogens with zero attached hydrogens (tertiary/aromatic N) is 3. The number of aryl methyl sites for hydroxylation is 1. The van der Waals surface area contributed by atoms with Crippen LogP contribution in [0.4, 0.5) is 4.79 Å². The Bertz CT molecular complexity index is 1240. The Balaban J connectivity index is -0.000000642. The zero-order chi connectivity index (χ0) is 40.6. The number of amides is 2. The largest absolute Gasteiger partial charge is 0.508 e. The molecule has 2 N–H and O–H groups in total. The first kappa shape index (κ1) is 52.3. The standard InChI is InChI=1S/C16H25N3O2.C9H15N.C7H8O.C6H12.C5H10.C2H6/c1-5-13(2)19(18(4)12-14(3)20)16(21)17-11-15-9-7-6-8-10-15;1-4-8(5-2)10(3)9-6-7-9;1-6-2-4-7(8)5-3-6;1-4-6(3)5-2;1-4-5(2)3;1-2/h6-10,13H,5,11-12H2,1-4H3,(H,17,21);4-5,9H,1,6-7H2,2-3H3;2-5,8H,1H3;4H,5H2,1-3H3;4-5H,1H2,2-3H3;1-2H3/b;8-5+;;6-4+;;. The Kier molecular flexibility index (Phi) is 32.9. The van der Waals surface area contributed by atoms with Crippen LogP contribution in [0.1, 0.15) is 113 Å². The predicted molar refractivity (Wildman–Crippen MR) is 227 cm³/mol. The Morgan fingerprint density at radius 2 is 1.44 bits per heavy atom. The van der Waals surface area contributed by atoms with Crippen LogP contribution in [0, 0.1) is 12.8 Å². The van der Waals surface area contributed by atoms with E-state index in [1.165, 1.54) is 43.0 Å². The Hall–Kier alpha value is -4.10. The highest BCUT2D eigenvalue weighted by atomic mass is 16.3. The molecular weight excluding hydrogens is 645 g/mol. The highest BCUT2D eigenvalue weighted by Crippen LogP contribution is 2.28. The van der Waals surface area contributed by atoms with Gasteiger partial charge < -0.3 is 15.3 Å². The van der Waals surface area contributed by atoms with Gasteiger partial charge in [0.2, 0.25) is 0 Å². The smallest absolute Gasteiger partial charge is 0.332 e. The lowest BCUT2D eigenvalue weighted by molar-refractivity contribution is -0.121. The maximum Gasteiger partial charge on any atom is 0.332 e. The normalized spacial score (nSPS) is 12.2. The second-order valence-electron chi connectivity index (χ2n) is 12.8. The molecule has 2 aromatic rings. The van der Waals surface area contributed by atoms with Crippen LogP contribution in [0.3, 0.4) is 0 Å². The van der Waals surface area contributed by atoms with Crippen molar-refractivity contribution in [1.29, 1.82) is 0 Å². The summed E-state index contributed by atoms with van der Waals surface area (Å²) in [5.41, 5.74) is 4.93. The lowest BCUT2D eigenvalue weighted by atomic mass is 10.2. The number of aromatic hydroxyl groups is 1. The molecule has 3 rings (SSSR count). The number of rotatable bonds is 12. The van der Waals surface area contributed by atoms with E-state index in [1.54, 1.807) is 29.2 Å². The highest BCUT2D eigenvalue weighted by Gasteiger charge is 2.26. The summed E-state index contributed by atoms with van der Waals surface area (Å²) in [7, 11) is 3.89. The fourth-order valence-corrected chi connectivity index (χ4v) is 4.00. The molecule has 0 spiro atoms. The van der Waals surface area contributed by atoms with Crippen molar-refractivity contribution in [3.8, 4) is 5.75 Å². The van der Waals surface area contributed by atoms with Crippen LogP contribution in [0.5, 0.6) is 5.75 Å². The van der Waals surface area contributed by atoms with E-state index in [2.05, 4.69) is 84.1 Å². The van der Waals surface area contributed by atoms with E-state index in [0.29, 0.717) is 18.2 Å². The second-order valence-corrected chi connectivity index (χ2v) is 12.8. The first-order chi connectivity index (χ1) is 24.6. The number of benzene rings is 2. The molecule has 7 nitrogen and oxygen atoms in total. The fourth-order valence-electron chi connectivity index (χ4n) is 4.00. The van der Waals surface area contributed by atoms with E-state index < -0.39 is 0 Å². The lowest BCUT2D eigenvalue weighted by Gasteiger charge is -2.35. The zero-order valence-corrected chi connectivity index (χ0v) is 35.5. The van der Waals surface area contributed by atoms with Gasteiger partial charge in [0.25, 0.3) is 0 Å². The Morgan fingerprint density at radius 1 is 0.923 bits per heavy atom. The van der Waals surface area contributed by atoms with Gasteiger partial charge in [0.15, 0.2) is 0 Å². The van der Waals surface area contributed by atoms with Gasteiger partial charge in [-0.15, -0.1) is 6.58 Å². The van der Waals surface area contributed by atoms with Crippen LogP contribution < -0.4 is 5.32 Å². The molecule has 2 aromatic carbocycles. The topological polar surface area (TPSA) is 76.1 Å². The van der Waals surface area contributed by atoms with Crippen molar-refractivity contribution in [2.24, 2.45) is 5.92 Å². The molecule has 1 fully saturated rings. The van der Waals surface area contributed by atoms with Gasteiger partial charge in [-0.1, -0.05) is 120 Å². The van der Waals surface area contributed by atoms with Crippen LogP contribution in [-0.2, 0) is 11.3 Å². The van der Waals surface area contributed by atoms with Crippen molar-refractivity contribution in [2.75, 3.05) is 20.6 Å². The van der Waals surface area contributed by atoms with E-state index in [0.717, 1.165) is 18.0 Å². The number of urea groups is 1. The van der Waals surface area contributed by atoms with E-state index in [1.807, 2.05) is 89.2 Å². The van der Waals surface area contributed by atoms with Crippen LogP contribution in [0.2, 0.25) is 0 Å². The minimum absolute atomic E-state index is 0.0293. The third kappa shape index (κ3) is 27.6. The summed E-state index contributed by atoms with van der Waals surface area (Å²) in [6.45, 7) is 32.1. The van der Waals surface area contributed by atoms with Crippen molar-refractivity contribution in [3.63, 3.8) is 0 Å². The zero-order valence-electron chi connectivity index (χ0n) is 35.5. The summed E-state index contributed by atoms with van der Waals surface area (Å²) in [5.74, 6) is 1.01. The molecule has 1 unspecified atom stereocenters. The third-order valence-electron chi connectivity index (χ3n) is 7.88. The molecule has 0 bridgehead atoms. The number of carbonyl (C=O) groups excluding carboxylic acids is 2. The molecule has 0 saturated heterocycles. The molecule has 52 heavy (non-hydrogen) atoms. The van der Waals surface area contributed by atoms with Gasteiger partial charge in [-0.05, 0) is 96.9 Å². The number of allylic oxidation sites excluding steroid dienone is 5. The summed E-state index contributed by atoms with van der Waals surface area (Å²) < 4.78 is 0. The van der Waals surface area contributed by atoms with Gasteiger partial charge in [-0.25, -0.2) is 9.80 Å². The molecule has 294 valence electrons.